The summed E-state index contributed by atoms with van der Waals surface area (Å²) in [6.45, 7) is 3.88. The van der Waals surface area contributed by atoms with E-state index in [2.05, 4.69) is 0 Å². The summed E-state index contributed by atoms with van der Waals surface area (Å²) >= 11 is 0. The van der Waals surface area contributed by atoms with Crippen LogP contribution in [0, 0.1) is 19.7 Å². The van der Waals surface area contributed by atoms with Gasteiger partial charge in [0, 0.05) is 0 Å². The highest BCUT2D eigenvalue weighted by atomic mass is 19.1. The van der Waals surface area contributed by atoms with Gasteiger partial charge in [0.15, 0.2) is 0 Å². The number of aryl methyl sites for hydroxylation is 2. The summed E-state index contributed by atoms with van der Waals surface area (Å²) in [5.74, 6) is -0.112. The lowest BCUT2D eigenvalue weighted by Crippen LogP contribution is -2.07. The van der Waals surface area contributed by atoms with E-state index in [0.717, 1.165) is 11.1 Å². The second-order valence-corrected chi connectivity index (χ2v) is 4.62. The summed E-state index contributed by atoms with van der Waals surface area (Å²) in [6.07, 6.45) is -1.03. The van der Waals surface area contributed by atoms with Gasteiger partial charge in [0.1, 0.15) is 17.7 Å². The van der Waals surface area contributed by atoms with Gasteiger partial charge in [-0.05, 0) is 37.1 Å². The van der Waals surface area contributed by atoms with Crippen molar-refractivity contribution in [3.05, 3.63) is 64.5 Å². The number of benzene rings is 2. The van der Waals surface area contributed by atoms with Crippen LogP contribution in [0.5, 0.6) is 5.75 Å². The molecule has 0 heterocycles. The van der Waals surface area contributed by atoms with Crippen LogP contribution < -0.4 is 4.74 Å². The fourth-order valence-corrected chi connectivity index (χ4v) is 2.25. The summed E-state index contributed by atoms with van der Waals surface area (Å²) in [5, 5.41) is 10.4. The van der Waals surface area contributed by atoms with Crippen molar-refractivity contribution in [1.29, 1.82) is 0 Å². The van der Waals surface area contributed by atoms with Gasteiger partial charge in [-0.2, -0.15) is 0 Å². The van der Waals surface area contributed by atoms with Crippen LogP contribution in [0.15, 0.2) is 36.4 Å². The molecule has 2 aromatic rings. The SMILES string of the molecule is COc1cccc(F)c1C(O)c1ccc(C)cc1C. The number of aliphatic hydroxyl groups is 1. The van der Waals surface area contributed by atoms with Gasteiger partial charge in [-0.25, -0.2) is 4.39 Å². The van der Waals surface area contributed by atoms with Crippen molar-refractivity contribution in [2.45, 2.75) is 20.0 Å². The Morgan fingerprint density at radius 2 is 1.89 bits per heavy atom. The quantitative estimate of drug-likeness (QED) is 0.914. The topological polar surface area (TPSA) is 29.5 Å². The Kier molecular flexibility index (Phi) is 3.86. The van der Waals surface area contributed by atoms with E-state index < -0.39 is 11.9 Å². The first kappa shape index (κ1) is 13.6. The van der Waals surface area contributed by atoms with Crippen molar-refractivity contribution in [2.75, 3.05) is 7.11 Å². The first-order valence-electron chi connectivity index (χ1n) is 6.12. The van der Waals surface area contributed by atoms with Gasteiger partial charge >= 0.3 is 0 Å². The third kappa shape index (κ3) is 2.61. The van der Waals surface area contributed by atoms with Crippen molar-refractivity contribution >= 4 is 0 Å². The average Bonchev–Trinajstić information content (AvgIpc) is 2.37. The maximum atomic E-state index is 13.9. The van der Waals surface area contributed by atoms with Gasteiger partial charge in [-0.3, -0.25) is 0 Å². The molecule has 1 unspecified atom stereocenters. The minimum Gasteiger partial charge on any atom is -0.496 e. The van der Waals surface area contributed by atoms with Gasteiger partial charge in [0.05, 0.1) is 12.7 Å². The monoisotopic (exact) mass is 260 g/mol. The van der Waals surface area contributed by atoms with Gasteiger partial charge in [0.25, 0.3) is 0 Å². The number of aliphatic hydroxyl groups excluding tert-OH is 1. The molecule has 0 aliphatic rings. The lowest BCUT2D eigenvalue weighted by molar-refractivity contribution is 0.208. The highest BCUT2D eigenvalue weighted by Gasteiger charge is 2.21. The Morgan fingerprint density at radius 1 is 1.16 bits per heavy atom. The predicted octanol–water partition coefficient (Wildman–Crippen LogP) is 3.53. The Morgan fingerprint density at radius 3 is 2.53 bits per heavy atom. The third-order valence-corrected chi connectivity index (χ3v) is 3.23. The van der Waals surface area contributed by atoms with E-state index in [4.69, 9.17) is 4.74 Å². The minimum absolute atomic E-state index is 0.178. The lowest BCUT2D eigenvalue weighted by atomic mass is 9.95. The molecule has 0 radical (unpaired) electrons. The summed E-state index contributed by atoms with van der Waals surface area (Å²) in [4.78, 5) is 0. The third-order valence-electron chi connectivity index (χ3n) is 3.23. The van der Waals surface area contributed by atoms with Crippen molar-refractivity contribution in [1.82, 2.24) is 0 Å². The smallest absolute Gasteiger partial charge is 0.133 e. The number of hydrogen-bond donors (Lipinski definition) is 1. The summed E-state index contributed by atoms with van der Waals surface area (Å²) in [7, 11) is 1.47. The molecule has 0 amide bonds. The zero-order chi connectivity index (χ0) is 14.0. The van der Waals surface area contributed by atoms with E-state index >= 15 is 0 Å². The number of ether oxygens (including phenoxy) is 1. The number of methoxy groups -OCH3 is 1. The number of rotatable bonds is 3. The van der Waals surface area contributed by atoms with Gasteiger partial charge in [-0.1, -0.05) is 29.8 Å². The summed E-state index contributed by atoms with van der Waals surface area (Å²) < 4.78 is 19.1. The van der Waals surface area contributed by atoms with E-state index in [1.807, 2.05) is 32.0 Å². The molecule has 3 heteroatoms. The predicted molar refractivity (Wildman–Crippen MR) is 72.9 cm³/mol. The molecule has 0 saturated heterocycles. The lowest BCUT2D eigenvalue weighted by Gasteiger charge is -2.18. The number of hydrogen-bond acceptors (Lipinski definition) is 2. The molecule has 100 valence electrons. The molecule has 1 N–H and O–H groups in total. The highest BCUT2D eigenvalue weighted by molar-refractivity contribution is 5.44. The molecule has 1 atom stereocenters. The molecule has 2 nitrogen and oxygen atoms in total. The Balaban J connectivity index is 2.52. The van der Waals surface area contributed by atoms with Crippen LogP contribution in [-0.2, 0) is 0 Å². The second kappa shape index (κ2) is 5.41. The van der Waals surface area contributed by atoms with Crippen LogP contribution in [0.25, 0.3) is 0 Å². The fourth-order valence-electron chi connectivity index (χ4n) is 2.25. The van der Waals surface area contributed by atoms with Crippen LogP contribution in [0.4, 0.5) is 4.39 Å². The maximum absolute atomic E-state index is 13.9. The van der Waals surface area contributed by atoms with Gasteiger partial charge < -0.3 is 9.84 Å². The Labute approximate surface area is 112 Å². The Hall–Kier alpha value is -1.87. The standard InChI is InChI=1S/C16H17FO2/c1-10-7-8-12(11(2)9-10)16(18)15-13(17)5-4-6-14(15)19-3/h4-9,16,18H,1-3H3. The number of halogens is 1. The van der Waals surface area contributed by atoms with E-state index in [9.17, 15) is 9.50 Å². The molecule has 0 aliphatic heterocycles. The molecule has 0 bridgehead atoms. The molecule has 0 aliphatic carbocycles. The van der Waals surface area contributed by atoms with Crippen LogP contribution in [0.3, 0.4) is 0 Å². The molecule has 2 rings (SSSR count). The second-order valence-electron chi connectivity index (χ2n) is 4.62. The Bertz CT molecular complexity index is 593. The van der Waals surface area contributed by atoms with Crippen molar-refractivity contribution in [3.8, 4) is 5.75 Å². The van der Waals surface area contributed by atoms with E-state index in [0.29, 0.717) is 11.3 Å². The molecule has 19 heavy (non-hydrogen) atoms. The van der Waals surface area contributed by atoms with Crippen molar-refractivity contribution in [3.63, 3.8) is 0 Å². The average molecular weight is 260 g/mol. The van der Waals surface area contributed by atoms with Crippen LogP contribution in [0.1, 0.15) is 28.4 Å². The zero-order valence-electron chi connectivity index (χ0n) is 11.3. The van der Waals surface area contributed by atoms with Gasteiger partial charge in [-0.15, -0.1) is 0 Å². The summed E-state index contributed by atoms with van der Waals surface area (Å²) in [5.41, 5.74) is 2.90. The zero-order valence-corrected chi connectivity index (χ0v) is 11.3. The van der Waals surface area contributed by atoms with Crippen molar-refractivity contribution in [2.24, 2.45) is 0 Å². The van der Waals surface area contributed by atoms with E-state index in [-0.39, 0.29) is 5.56 Å². The van der Waals surface area contributed by atoms with E-state index in [1.54, 1.807) is 12.1 Å². The van der Waals surface area contributed by atoms with Crippen LogP contribution in [-0.4, -0.2) is 12.2 Å². The normalized spacial score (nSPS) is 12.3. The largest absolute Gasteiger partial charge is 0.496 e. The van der Waals surface area contributed by atoms with Crippen molar-refractivity contribution < 1.29 is 14.2 Å². The fraction of sp³-hybridized carbons (Fsp3) is 0.250. The highest BCUT2D eigenvalue weighted by Crippen LogP contribution is 2.33. The molecular formula is C16H17FO2. The van der Waals surface area contributed by atoms with E-state index in [1.165, 1.54) is 13.2 Å². The molecule has 0 aromatic heterocycles. The maximum Gasteiger partial charge on any atom is 0.133 e. The molecule has 2 aromatic carbocycles. The molecule has 0 fully saturated rings. The summed E-state index contributed by atoms with van der Waals surface area (Å²) in [6, 6.07) is 10.2. The van der Waals surface area contributed by atoms with Crippen LogP contribution in [0.2, 0.25) is 0 Å². The minimum atomic E-state index is -1.03. The molecular weight excluding hydrogens is 243 g/mol. The molecule has 0 saturated carbocycles. The first-order chi connectivity index (χ1) is 9.04. The van der Waals surface area contributed by atoms with Crippen LogP contribution >= 0.6 is 0 Å². The first-order valence-corrected chi connectivity index (χ1v) is 6.12. The molecule has 0 spiro atoms. The van der Waals surface area contributed by atoms with Gasteiger partial charge in [0.2, 0.25) is 0 Å².